The lowest BCUT2D eigenvalue weighted by atomic mass is 10.3. The van der Waals surface area contributed by atoms with Crippen LogP contribution in [0.5, 0.6) is 0 Å². The van der Waals surface area contributed by atoms with Crippen molar-refractivity contribution >= 4 is 27.2 Å². The summed E-state index contributed by atoms with van der Waals surface area (Å²) in [6.07, 6.45) is 0.388. The summed E-state index contributed by atoms with van der Waals surface area (Å²) >= 11 is 4.75. The molecule has 3 N–H and O–H groups in total. The van der Waals surface area contributed by atoms with Gasteiger partial charge >= 0.3 is 0 Å². The normalized spacial score (nSPS) is 16.1. The van der Waals surface area contributed by atoms with Crippen LogP contribution in [0.4, 0.5) is 0 Å². The molecule has 0 aliphatic carbocycles. The Hall–Kier alpha value is -0.240. The van der Waals surface area contributed by atoms with Crippen LogP contribution >= 0.6 is 12.2 Å². The van der Waals surface area contributed by atoms with Crippen molar-refractivity contribution in [3.63, 3.8) is 0 Å². The number of hydrogen-bond acceptors (Lipinski definition) is 4. The summed E-state index contributed by atoms with van der Waals surface area (Å²) in [5.41, 5.74) is 5.41. The van der Waals surface area contributed by atoms with Gasteiger partial charge in [0.1, 0.15) is 5.25 Å². The molecule has 0 saturated carbocycles. The van der Waals surface area contributed by atoms with Gasteiger partial charge in [0.2, 0.25) is 10.0 Å². The molecule has 0 heterocycles. The first-order chi connectivity index (χ1) is 7.20. The highest BCUT2D eigenvalue weighted by molar-refractivity contribution is 7.93. The van der Waals surface area contributed by atoms with E-state index in [1.807, 2.05) is 25.9 Å². The van der Waals surface area contributed by atoms with E-state index in [1.54, 1.807) is 6.92 Å². The standard InChI is InChI=1S/C9H21N3O2S2/c1-5-8(9(10)15)16(13,14)11-7(2)6-12(3)4/h7-8,11H,5-6H2,1-4H3,(H2,10,15). The third-order valence-corrected chi connectivity index (χ3v) is 4.57. The van der Waals surface area contributed by atoms with Crippen LogP contribution in [-0.4, -0.2) is 50.2 Å². The van der Waals surface area contributed by atoms with E-state index in [0.717, 1.165) is 0 Å². The van der Waals surface area contributed by atoms with Crippen molar-refractivity contribution in [3.8, 4) is 0 Å². The molecule has 0 aromatic rings. The molecule has 0 bridgehead atoms. The molecule has 0 aliphatic heterocycles. The van der Waals surface area contributed by atoms with Crippen LogP contribution in [0, 0.1) is 0 Å². The zero-order chi connectivity index (χ0) is 12.9. The van der Waals surface area contributed by atoms with E-state index < -0.39 is 15.3 Å². The summed E-state index contributed by atoms with van der Waals surface area (Å²) < 4.78 is 26.4. The molecule has 0 aromatic carbocycles. The van der Waals surface area contributed by atoms with Gasteiger partial charge in [-0.15, -0.1) is 0 Å². The third kappa shape index (κ3) is 5.20. The number of sulfonamides is 1. The van der Waals surface area contributed by atoms with Gasteiger partial charge in [0.15, 0.2) is 0 Å². The van der Waals surface area contributed by atoms with Gasteiger partial charge in [-0.05, 0) is 27.4 Å². The topological polar surface area (TPSA) is 75.4 Å². The van der Waals surface area contributed by atoms with Crippen LogP contribution < -0.4 is 10.5 Å². The fraction of sp³-hybridized carbons (Fsp3) is 0.889. The van der Waals surface area contributed by atoms with E-state index in [1.165, 1.54) is 0 Å². The number of nitrogens with one attached hydrogen (secondary N) is 1. The maximum Gasteiger partial charge on any atom is 0.221 e. The van der Waals surface area contributed by atoms with Gasteiger partial charge in [0.25, 0.3) is 0 Å². The molecule has 0 rings (SSSR count). The monoisotopic (exact) mass is 267 g/mol. The zero-order valence-electron chi connectivity index (χ0n) is 10.2. The molecule has 2 unspecified atom stereocenters. The van der Waals surface area contributed by atoms with E-state index in [-0.39, 0.29) is 11.0 Å². The molecule has 0 spiro atoms. The van der Waals surface area contributed by atoms with Crippen molar-refractivity contribution < 1.29 is 8.42 Å². The summed E-state index contributed by atoms with van der Waals surface area (Å²) in [6, 6.07) is -0.164. The van der Waals surface area contributed by atoms with Crippen molar-refractivity contribution in [2.24, 2.45) is 5.73 Å². The van der Waals surface area contributed by atoms with Gasteiger partial charge < -0.3 is 10.6 Å². The first-order valence-electron chi connectivity index (χ1n) is 5.15. The minimum absolute atomic E-state index is 0.0204. The first kappa shape index (κ1) is 15.8. The van der Waals surface area contributed by atoms with Crippen molar-refractivity contribution in [3.05, 3.63) is 0 Å². The largest absolute Gasteiger partial charge is 0.392 e. The van der Waals surface area contributed by atoms with Gasteiger partial charge in [0, 0.05) is 12.6 Å². The van der Waals surface area contributed by atoms with E-state index in [9.17, 15) is 8.42 Å². The molecule has 5 nitrogen and oxygen atoms in total. The lowest BCUT2D eigenvalue weighted by molar-refractivity contribution is 0.370. The number of hydrogen-bond donors (Lipinski definition) is 2. The lowest BCUT2D eigenvalue weighted by Crippen LogP contribution is -2.47. The maximum absolute atomic E-state index is 11.9. The molecule has 0 saturated heterocycles. The summed E-state index contributed by atoms with van der Waals surface area (Å²) in [7, 11) is 0.310. The van der Waals surface area contributed by atoms with Crippen LogP contribution in [0.3, 0.4) is 0 Å². The summed E-state index contributed by atoms with van der Waals surface area (Å²) in [6.45, 7) is 4.19. The van der Waals surface area contributed by atoms with Gasteiger partial charge in [-0.3, -0.25) is 0 Å². The Morgan fingerprint density at radius 2 is 2.00 bits per heavy atom. The minimum atomic E-state index is -3.46. The molecule has 7 heteroatoms. The van der Waals surface area contributed by atoms with Crippen LogP contribution in [-0.2, 0) is 10.0 Å². The second-order valence-corrected chi connectivity index (χ2v) is 6.49. The minimum Gasteiger partial charge on any atom is -0.392 e. The highest BCUT2D eigenvalue weighted by Crippen LogP contribution is 2.06. The Morgan fingerprint density at radius 3 is 2.31 bits per heavy atom. The SMILES string of the molecule is CCC(C(N)=S)S(=O)(=O)NC(C)CN(C)C. The second-order valence-electron chi connectivity index (χ2n) is 4.13. The summed E-state index contributed by atoms with van der Waals surface area (Å²) in [5.74, 6) is 0. The highest BCUT2D eigenvalue weighted by atomic mass is 32.2. The summed E-state index contributed by atoms with van der Waals surface area (Å²) in [4.78, 5) is 1.93. The predicted molar refractivity (Wildman–Crippen MR) is 70.9 cm³/mol. The fourth-order valence-corrected chi connectivity index (χ4v) is 3.61. The molecule has 0 fully saturated rings. The van der Waals surface area contributed by atoms with Crippen LogP contribution in [0.2, 0.25) is 0 Å². The van der Waals surface area contributed by atoms with Crippen LogP contribution in [0.25, 0.3) is 0 Å². The third-order valence-electron chi connectivity index (χ3n) is 2.07. The van der Waals surface area contributed by atoms with Crippen LogP contribution in [0.1, 0.15) is 20.3 Å². The van der Waals surface area contributed by atoms with Crippen LogP contribution in [0.15, 0.2) is 0 Å². The molecule has 0 amide bonds. The number of likely N-dealkylation sites (N-methyl/N-ethyl adjacent to an activating group) is 1. The molecule has 0 aromatic heterocycles. The Kier molecular flexibility index (Phi) is 6.39. The van der Waals surface area contributed by atoms with Crippen molar-refractivity contribution in [2.45, 2.75) is 31.6 Å². The maximum atomic E-state index is 11.9. The van der Waals surface area contributed by atoms with Crippen molar-refractivity contribution in [2.75, 3.05) is 20.6 Å². The zero-order valence-corrected chi connectivity index (χ0v) is 11.9. The number of nitrogens with two attached hydrogens (primary N) is 1. The van der Waals surface area contributed by atoms with Crippen molar-refractivity contribution in [1.29, 1.82) is 0 Å². The predicted octanol–water partition coefficient (Wildman–Crippen LogP) is -0.0794. The molecule has 0 aliphatic rings. The smallest absolute Gasteiger partial charge is 0.221 e. The van der Waals surface area contributed by atoms with Gasteiger partial charge in [-0.2, -0.15) is 0 Å². The Labute approximate surface area is 103 Å². The summed E-state index contributed by atoms with van der Waals surface area (Å²) in [5, 5.41) is -0.785. The molecule has 96 valence electrons. The highest BCUT2D eigenvalue weighted by Gasteiger charge is 2.27. The van der Waals surface area contributed by atoms with Gasteiger partial charge in [-0.1, -0.05) is 19.1 Å². The fourth-order valence-electron chi connectivity index (χ4n) is 1.52. The number of rotatable bonds is 7. The molecule has 16 heavy (non-hydrogen) atoms. The van der Waals surface area contributed by atoms with Gasteiger partial charge in [-0.25, -0.2) is 13.1 Å². The molecular formula is C9H21N3O2S2. The Balaban J connectivity index is 4.61. The number of thiocarbonyl (C=S) groups is 1. The van der Waals surface area contributed by atoms with Crippen molar-refractivity contribution in [1.82, 2.24) is 9.62 Å². The molecule has 0 radical (unpaired) electrons. The molecule has 2 atom stereocenters. The number of nitrogens with zero attached hydrogens (tertiary/aromatic N) is 1. The average Bonchev–Trinajstić information content (AvgIpc) is 1.99. The Bertz CT molecular complexity index is 328. The Morgan fingerprint density at radius 1 is 1.50 bits per heavy atom. The van der Waals surface area contributed by atoms with E-state index in [0.29, 0.717) is 13.0 Å². The first-order valence-corrected chi connectivity index (χ1v) is 7.11. The van der Waals surface area contributed by atoms with Gasteiger partial charge in [0.05, 0.1) is 4.99 Å². The average molecular weight is 267 g/mol. The quantitative estimate of drug-likeness (QED) is 0.631. The van der Waals surface area contributed by atoms with E-state index in [4.69, 9.17) is 18.0 Å². The lowest BCUT2D eigenvalue weighted by Gasteiger charge is -2.21. The second kappa shape index (κ2) is 6.48. The van der Waals surface area contributed by atoms with E-state index in [2.05, 4.69) is 4.72 Å². The van der Waals surface area contributed by atoms with E-state index >= 15 is 0 Å². The molecular weight excluding hydrogens is 246 g/mol.